The first-order valence-electron chi connectivity index (χ1n) is 25.9. The van der Waals surface area contributed by atoms with E-state index in [2.05, 4.69) is 23.6 Å². The molecule has 2 heterocycles. The lowest BCUT2D eigenvalue weighted by Gasteiger charge is -2.35. The number of benzene rings is 1. The molecule has 0 spiro atoms. The fourth-order valence-corrected chi connectivity index (χ4v) is 12.0. The van der Waals surface area contributed by atoms with Crippen LogP contribution in [0.5, 0.6) is 11.5 Å². The third-order valence-electron chi connectivity index (χ3n) is 15.8. The second-order valence-electron chi connectivity index (χ2n) is 20.9. The number of phenols is 1. The number of nitrogens with two attached hydrogens (primary N) is 2. The first kappa shape index (κ1) is 49.6. The molecule has 1 aromatic rings. The molecule has 6 aliphatic rings. The highest BCUT2D eigenvalue weighted by Crippen LogP contribution is 2.47. The van der Waals surface area contributed by atoms with E-state index in [0.717, 1.165) is 81.0 Å². The number of guanidine groups is 1. The molecule has 0 bridgehead atoms. The minimum absolute atomic E-state index is 0.0133. The lowest BCUT2D eigenvalue weighted by Crippen LogP contribution is -2.41. The van der Waals surface area contributed by atoms with Crippen molar-refractivity contribution in [2.24, 2.45) is 57.0 Å². The highest BCUT2D eigenvalue weighted by Gasteiger charge is 2.47. The molecule has 362 valence electrons. The number of nitrogens with one attached hydrogen (secondary N) is 2. The number of nitrogens with zero attached hydrogens (tertiary/aromatic N) is 2. The van der Waals surface area contributed by atoms with Crippen LogP contribution in [-0.2, 0) is 11.2 Å². The molecule has 0 radical (unpaired) electrons. The van der Waals surface area contributed by atoms with E-state index in [-0.39, 0.29) is 25.1 Å². The second kappa shape index (κ2) is 24.7. The van der Waals surface area contributed by atoms with Crippen molar-refractivity contribution in [2.45, 2.75) is 179 Å². The molecule has 2 aliphatic heterocycles. The second-order valence-corrected chi connectivity index (χ2v) is 20.9. The minimum atomic E-state index is -0.934. The zero-order valence-corrected chi connectivity index (χ0v) is 39.8. The summed E-state index contributed by atoms with van der Waals surface area (Å²) < 4.78 is 12.5. The number of aryl methyl sites for hydroxylation is 1. The van der Waals surface area contributed by atoms with Crippen molar-refractivity contribution >= 4 is 11.7 Å². The van der Waals surface area contributed by atoms with E-state index in [4.69, 9.17) is 30.9 Å². The molecular weight excluding hydrogens is 817 g/mol. The van der Waals surface area contributed by atoms with Crippen LogP contribution >= 0.6 is 0 Å². The predicted molar refractivity (Wildman–Crippen MR) is 260 cm³/mol. The van der Waals surface area contributed by atoms with Crippen LogP contribution < -0.4 is 26.8 Å². The van der Waals surface area contributed by atoms with Crippen molar-refractivity contribution in [3.63, 3.8) is 0 Å². The normalized spacial score (nSPS) is 28.8. The molecule has 4 fully saturated rings. The standard InChI is InChI=1S/C53H84N6O6/c1-34(29-57-53(55)58-42-11-4-3-5-12-42)15-18-37-19-21-41(54)26-39(37)9-6-7-14-51-40(32-60)27-43(65-51)22-16-36-17-24-49(62)52(25-36)64-33-50(63)48-28-45-46(31-56-30-35(2)61)44-13-8-10-38(44)20-23-47(45)59-48/h17,24-25,27-28,34-35,37-39,41-42,44,46,50-51,56,60-63H,3-16,18-23,26,29-33,54H2,1-2H3,(H3,55,57,58). The SMILES string of the molecule is CC(O)CNCC1C2=C[C+](C(O)COc3cc(CC[C-]4C=C(CO)C(CCCCC5CC(N)CCC5CCC(C)CN=C(N)NC5CCCCC5)O4)ccc3O)N=C2CCC2CCCC21. The zero-order chi connectivity index (χ0) is 45.7. The van der Waals surface area contributed by atoms with Gasteiger partial charge in [0.15, 0.2) is 35.3 Å². The summed E-state index contributed by atoms with van der Waals surface area (Å²) in [5.74, 6) is 4.44. The van der Waals surface area contributed by atoms with Crippen molar-refractivity contribution in [3.8, 4) is 11.5 Å². The van der Waals surface area contributed by atoms with E-state index in [1.807, 2.05) is 18.2 Å². The molecular formula is C53H84N6O6. The van der Waals surface area contributed by atoms with E-state index in [1.165, 1.54) is 82.6 Å². The third-order valence-corrected chi connectivity index (χ3v) is 15.8. The lowest BCUT2D eigenvalue weighted by molar-refractivity contribution is 0.101. The van der Waals surface area contributed by atoms with E-state index in [9.17, 15) is 20.4 Å². The van der Waals surface area contributed by atoms with Crippen LogP contribution in [-0.4, -0.2) is 95.3 Å². The summed E-state index contributed by atoms with van der Waals surface area (Å²) in [7, 11) is 0. The minimum Gasteiger partial charge on any atom is -0.504 e. The van der Waals surface area contributed by atoms with E-state index < -0.39 is 12.2 Å². The van der Waals surface area contributed by atoms with Gasteiger partial charge < -0.3 is 52.0 Å². The van der Waals surface area contributed by atoms with Gasteiger partial charge in [-0.2, -0.15) is 11.6 Å². The number of aromatic hydroxyl groups is 1. The number of ether oxygens (including phenoxy) is 2. The number of hydrogen-bond acceptors (Lipinski definition) is 10. The van der Waals surface area contributed by atoms with Gasteiger partial charge >= 0.3 is 0 Å². The van der Waals surface area contributed by atoms with E-state index >= 15 is 0 Å². The maximum absolute atomic E-state index is 11.3. The summed E-state index contributed by atoms with van der Waals surface area (Å²) in [6.07, 6.45) is 27.0. The van der Waals surface area contributed by atoms with Gasteiger partial charge in [0.2, 0.25) is 0 Å². The molecule has 12 nitrogen and oxygen atoms in total. The van der Waals surface area contributed by atoms with E-state index in [1.54, 1.807) is 13.0 Å². The van der Waals surface area contributed by atoms with Gasteiger partial charge in [0.1, 0.15) is 12.2 Å². The Labute approximate surface area is 390 Å². The first-order valence-corrected chi connectivity index (χ1v) is 25.9. The van der Waals surface area contributed by atoms with Gasteiger partial charge in [0.05, 0.1) is 18.1 Å². The number of aliphatic hydroxyl groups is 3. The smallest absolute Gasteiger partial charge is 0.189 e. The fraction of sp³-hybridized carbons (Fsp3) is 0.736. The van der Waals surface area contributed by atoms with Crippen molar-refractivity contribution in [1.82, 2.24) is 10.6 Å². The van der Waals surface area contributed by atoms with Crippen LogP contribution in [0.4, 0.5) is 0 Å². The van der Waals surface area contributed by atoms with Crippen LogP contribution in [0.2, 0.25) is 0 Å². The summed E-state index contributed by atoms with van der Waals surface area (Å²) >= 11 is 0. The van der Waals surface area contributed by atoms with Gasteiger partial charge in [0.25, 0.3) is 0 Å². The largest absolute Gasteiger partial charge is 0.504 e. The number of hydrogen-bond donors (Lipinski definition) is 8. The Bertz CT molecular complexity index is 1760. The lowest BCUT2D eigenvalue weighted by atomic mass is 9.72. The van der Waals surface area contributed by atoms with E-state index in [0.29, 0.717) is 84.7 Å². The Balaban J connectivity index is 0.827. The third kappa shape index (κ3) is 14.4. The first-order chi connectivity index (χ1) is 31.5. The topological polar surface area (TPSA) is 200 Å². The summed E-state index contributed by atoms with van der Waals surface area (Å²) in [6, 6.07) is 6.78. The zero-order valence-electron chi connectivity index (χ0n) is 39.8. The fourth-order valence-electron chi connectivity index (χ4n) is 12.0. The van der Waals surface area contributed by atoms with Crippen molar-refractivity contribution in [3.05, 3.63) is 59.2 Å². The van der Waals surface area contributed by atoms with Gasteiger partial charge in [-0.3, -0.25) is 4.99 Å². The molecule has 0 amide bonds. The number of phenolic OH excluding ortho intramolecular Hbond substituents is 1. The molecule has 7 rings (SSSR count). The summed E-state index contributed by atoms with van der Waals surface area (Å²) in [5, 5.41) is 49.1. The Kier molecular flexibility index (Phi) is 18.8. The highest BCUT2D eigenvalue weighted by atomic mass is 16.5. The van der Waals surface area contributed by atoms with Crippen LogP contribution in [0, 0.1) is 47.7 Å². The molecule has 4 saturated carbocycles. The molecule has 10 atom stereocenters. The molecule has 65 heavy (non-hydrogen) atoms. The number of aliphatic imine (C=N–C) groups is 2. The molecule has 1 aromatic carbocycles. The number of rotatable bonds is 23. The van der Waals surface area contributed by atoms with Crippen molar-refractivity contribution < 1.29 is 29.9 Å². The number of unbranched alkanes of at least 4 members (excludes halogenated alkanes) is 1. The molecule has 0 aromatic heterocycles. The Morgan fingerprint density at radius 3 is 2.66 bits per heavy atom. The van der Waals surface area contributed by atoms with Crippen LogP contribution in [0.3, 0.4) is 0 Å². The average Bonchev–Trinajstić information content (AvgIpc) is 4.04. The predicted octanol–water partition coefficient (Wildman–Crippen LogP) is 7.58. The maximum Gasteiger partial charge on any atom is 0.189 e. The number of fused-ring (bicyclic) bond motifs is 2. The van der Waals surface area contributed by atoms with Crippen LogP contribution in [0.15, 0.2) is 51.5 Å². The van der Waals surface area contributed by atoms with Crippen molar-refractivity contribution in [1.29, 1.82) is 0 Å². The highest BCUT2D eigenvalue weighted by molar-refractivity contribution is 6.04. The molecule has 12 heteroatoms. The number of aliphatic hydroxyl groups excluding tert-OH is 3. The van der Waals surface area contributed by atoms with Gasteiger partial charge in [-0.15, -0.1) is 4.99 Å². The van der Waals surface area contributed by atoms with Crippen LogP contribution in [0.1, 0.15) is 148 Å². The average molecular weight is 901 g/mol. The molecule has 4 aliphatic carbocycles. The van der Waals surface area contributed by atoms with Gasteiger partial charge in [-0.25, -0.2) is 0 Å². The van der Waals surface area contributed by atoms with Crippen molar-refractivity contribution in [2.75, 3.05) is 32.8 Å². The van der Waals surface area contributed by atoms with Gasteiger partial charge in [-0.05, 0) is 125 Å². The Hall–Kier alpha value is -3.26. The molecule has 10 N–H and O–H groups in total. The summed E-state index contributed by atoms with van der Waals surface area (Å²) in [6.45, 7) is 6.21. The summed E-state index contributed by atoms with van der Waals surface area (Å²) in [5.41, 5.74) is 17.0. The van der Waals surface area contributed by atoms with Crippen LogP contribution in [0.25, 0.3) is 0 Å². The van der Waals surface area contributed by atoms with Gasteiger partial charge in [-0.1, -0.05) is 76.9 Å². The monoisotopic (exact) mass is 901 g/mol. The quantitative estimate of drug-likeness (QED) is 0.0234. The Morgan fingerprint density at radius 2 is 1.85 bits per heavy atom. The molecule has 0 saturated heterocycles. The summed E-state index contributed by atoms with van der Waals surface area (Å²) in [4.78, 5) is 9.65. The maximum atomic E-state index is 11.3. The molecule has 10 unspecified atom stereocenters. The van der Waals surface area contributed by atoms with Gasteiger partial charge in [0, 0.05) is 50.8 Å². The Morgan fingerprint density at radius 1 is 1.02 bits per heavy atom.